The number of para-hydroxylation sites is 2. The molecule has 0 atom stereocenters. The number of rotatable bonds is 5. The minimum Gasteiger partial charge on any atom is -0.342 e. The minimum atomic E-state index is 0.668. The van der Waals surface area contributed by atoms with Gasteiger partial charge in [0.2, 0.25) is 0 Å². The van der Waals surface area contributed by atoms with Gasteiger partial charge in [-0.1, -0.05) is 12.1 Å². The number of aromatic amines is 1. The molecule has 4 rings (SSSR count). The number of fused-ring (bicyclic) bond motifs is 1. The topological polar surface area (TPSA) is 90.1 Å². The van der Waals surface area contributed by atoms with E-state index in [-0.39, 0.29) is 0 Å². The Morgan fingerprint density at radius 2 is 2.13 bits per heavy atom. The molecule has 116 valence electrons. The molecule has 1 N–H and O–H groups in total. The number of benzene rings is 1. The van der Waals surface area contributed by atoms with Gasteiger partial charge in [0.25, 0.3) is 0 Å². The molecule has 0 saturated carbocycles. The average Bonchev–Trinajstić information content (AvgIpc) is 3.25. The number of nitrogens with one attached hydrogen (secondary N) is 1. The second-order valence-electron chi connectivity index (χ2n) is 5.47. The van der Waals surface area contributed by atoms with Gasteiger partial charge >= 0.3 is 0 Å². The number of hydrogen-bond acceptors (Lipinski definition) is 5. The third-order valence-electron chi connectivity index (χ3n) is 3.73. The summed E-state index contributed by atoms with van der Waals surface area (Å²) in [6.45, 7) is 0.683. The van der Waals surface area contributed by atoms with Crippen LogP contribution in [0.5, 0.6) is 0 Å². The fraction of sp³-hybridized carbons (Fsp3) is 0.267. The molecule has 0 aliphatic rings. The van der Waals surface area contributed by atoms with Crippen LogP contribution in [0.1, 0.15) is 17.2 Å². The lowest BCUT2D eigenvalue weighted by molar-refractivity contribution is 0.561. The first-order valence-electron chi connectivity index (χ1n) is 7.44. The number of nitrogens with zero attached hydrogens (tertiary/aromatic N) is 7. The van der Waals surface area contributed by atoms with Gasteiger partial charge in [0.1, 0.15) is 5.82 Å². The zero-order valence-corrected chi connectivity index (χ0v) is 12.7. The zero-order chi connectivity index (χ0) is 15.6. The van der Waals surface area contributed by atoms with Crippen molar-refractivity contribution in [3.05, 3.63) is 53.9 Å². The van der Waals surface area contributed by atoms with Crippen LogP contribution in [-0.4, -0.2) is 40.0 Å². The standard InChI is InChI=1S/C15H16N8/c1-22-10-11(9-16-22)8-15-19-20-21-23(15)7-6-14-17-12-4-2-3-5-13(12)18-14/h2-5,9-10H,6-8H2,1H3,(H,17,18). The van der Waals surface area contributed by atoms with Gasteiger partial charge in [0, 0.05) is 26.1 Å². The second-order valence-corrected chi connectivity index (χ2v) is 5.47. The van der Waals surface area contributed by atoms with Gasteiger partial charge in [-0.2, -0.15) is 5.10 Å². The van der Waals surface area contributed by atoms with Gasteiger partial charge in [-0.15, -0.1) is 5.10 Å². The van der Waals surface area contributed by atoms with E-state index in [1.807, 2.05) is 48.4 Å². The van der Waals surface area contributed by atoms with Crippen molar-refractivity contribution in [2.45, 2.75) is 19.4 Å². The molecule has 4 aromatic rings. The molecule has 0 spiro atoms. The Kier molecular flexibility index (Phi) is 3.34. The monoisotopic (exact) mass is 308 g/mol. The highest BCUT2D eigenvalue weighted by Crippen LogP contribution is 2.11. The van der Waals surface area contributed by atoms with Crippen molar-refractivity contribution < 1.29 is 0 Å². The van der Waals surface area contributed by atoms with E-state index in [1.54, 1.807) is 4.68 Å². The molecule has 1 aromatic carbocycles. The fourth-order valence-corrected chi connectivity index (χ4v) is 2.61. The quantitative estimate of drug-likeness (QED) is 0.596. The summed E-state index contributed by atoms with van der Waals surface area (Å²) in [5.41, 5.74) is 3.12. The van der Waals surface area contributed by atoms with Crippen molar-refractivity contribution in [3.63, 3.8) is 0 Å². The maximum absolute atomic E-state index is 4.58. The van der Waals surface area contributed by atoms with Gasteiger partial charge < -0.3 is 4.98 Å². The van der Waals surface area contributed by atoms with Crippen LogP contribution >= 0.6 is 0 Å². The van der Waals surface area contributed by atoms with E-state index in [9.17, 15) is 0 Å². The van der Waals surface area contributed by atoms with Gasteiger partial charge in [0.05, 0.1) is 23.8 Å². The molecule has 0 fully saturated rings. The lowest BCUT2D eigenvalue weighted by atomic mass is 10.2. The van der Waals surface area contributed by atoms with Crippen molar-refractivity contribution in [2.75, 3.05) is 0 Å². The van der Waals surface area contributed by atoms with Crippen molar-refractivity contribution in [3.8, 4) is 0 Å². The smallest absolute Gasteiger partial charge is 0.155 e. The molecule has 8 nitrogen and oxygen atoms in total. The zero-order valence-electron chi connectivity index (χ0n) is 12.7. The van der Waals surface area contributed by atoms with Crippen LogP contribution in [0.25, 0.3) is 11.0 Å². The molecule has 0 saturated heterocycles. The number of aromatic nitrogens is 8. The highest BCUT2D eigenvalue weighted by atomic mass is 15.5. The van der Waals surface area contributed by atoms with Crippen molar-refractivity contribution in [1.29, 1.82) is 0 Å². The Labute approximate surface area is 132 Å². The Morgan fingerprint density at radius 1 is 1.22 bits per heavy atom. The lowest BCUT2D eigenvalue weighted by Crippen LogP contribution is -2.09. The molecule has 23 heavy (non-hydrogen) atoms. The van der Waals surface area contributed by atoms with Crippen LogP contribution in [-0.2, 0) is 26.4 Å². The summed E-state index contributed by atoms with van der Waals surface area (Å²) in [7, 11) is 1.90. The summed E-state index contributed by atoms with van der Waals surface area (Å²) in [5, 5.41) is 16.1. The number of aryl methyl sites for hydroxylation is 3. The van der Waals surface area contributed by atoms with Gasteiger partial charge in [-0.25, -0.2) is 9.67 Å². The lowest BCUT2D eigenvalue weighted by Gasteiger charge is -2.02. The van der Waals surface area contributed by atoms with E-state index >= 15 is 0 Å². The first-order chi connectivity index (χ1) is 11.3. The average molecular weight is 308 g/mol. The van der Waals surface area contributed by atoms with Gasteiger partial charge in [-0.05, 0) is 28.1 Å². The number of tetrazole rings is 1. The summed E-state index contributed by atoms with van der Waals surface area (Å²) in [4.78, 5) is 7.90. The minimum absolute atomic E-state index is 0.668. The molecule has 0 aliphatic carbocycles. The Balaban J connectivity index is 1.48. The Morgan fingerprint density at radius 3 is 2.96 bits per heavy atom. The van der Waals surface area contributed by atoms with Gasteiger partial charge in [-0.3, -0.25) is 4.68 Å². The summed E-state index contributed by atoms with van der Waals surface area (Å²) in [5.74, 6) is 1.77. The second kappa shape index (κ2) is 5.64. The van der Waals surface area contributed by atoms with Crippen molar-refractivity contribution in [2.24, 2.45) is 7.05 Å². The largest absolute Gasteiger partial charge is 0.342 e. The molecular weight excluding hydrogens is 292 g/mol. The van der Waals surface area contributed by atoms with Crippen LogP contribution in [0.2, 0.25) is 0 Å². The van der Waals surface area contributed by atoms with Crippen LogP contribution < -0.4 is 0 Å². The molecule has 3 aromatic heterocycles. The van der Waals surface area contributed by atoms with E-state index in [0.29, 0.717) is 13.0 Å². The highest BCUT2D eigenvalue weighted by Gasteiger charge is 2.10. The van der Waals surface area contributed by atoms with Crippen molar-refractivity contribution >= 4 is 11.0 Å². The summed E-state index contributed by atoms with van der Waals surface area (Å²) < 4.78 is 3.60. The maximum atomic E-state index is 4.58. The molecule has 0 aliphatic heterocycles. The van der Waals surface area contributed by atoms with Gasteiger partial charge in [0.15, 0.2) is 5.82 Å². The third-order valence-corrected chi connectivity index (χ3v) is 3.73. The molecular formula is C15H16N8. The summed E-state index contributed by atoms with van der Waals surface area (Å²) >= 11 is 0. The number of hydrogen-bond donors (Lipinski definition) is 1. The fourth-order valence-electron chi connectivity index (χ4n) is 2.61. The van der Waals surface area contributed by atoms with E-state index < -0.39 is 0 Å². The van der Waals surface area contributed by atoms with Crippen molar-refractivity contribution in [1.82, 2.24) is 40.0 Å². The number of H-pyrrole nitrogens is 1. The molecule has 8 heteroatoms. The van der Waals surface area contributed by atoms with Crippen LogP contribution in [0.15, 0.2) is 36.7 Å². The summed E-state index contributed by atoms with van der Waals surface area (Å²) in [6.07, 6.45) is 5.22. The number of imidazole rings is 1. The van der Waals surface area contributed by atoms with Crippen LogP contribution in [0, 0.1) is 0 Å². The Bertz CT molecular complexity index is 899. The highest BCUT2D eigenvalue weighted by molar-refractivity contribution is 5.74. The van der Waals surface area contributed by atoms with Crippen LogP contribution in [0.4, 0.5) is 0 Å². The normalized spacial score (nSPS) is 11.3. The summed E-state index contributed by atoms with van der Waals surface area (Å²) in [6, 6.07) is 8.01. The van der Waals surface area contributed by atoms with E-state index in [1.165, 1.54) is 0 Å². The predicted molar refractivity (Wildman–Crippen MR) is 83.6 cm³/mol. The first kappa shape index (κ1) is 13.6. The molecule has 0 amide bonds. The SMILES string of the molecule is Cn1cc(Cc2nnnn2CCc2nc3ccccc3[nH]2)cn1. The van der Waals surface area contributed by atoms with E-state index in [2.05, 4.69) is 30.6 Å². The molecule has 0 bridgehead atoms. The molecule has 0 radical (unpaired) electrons. The third kappa shape index (κ3) is 2.83. The van der Waals surface area contributed by atoms with E-state index in [0.717, 1.165) is 34.7 Å². The molecule has 3 heterocycles. The molecule has 0 unspecified atom stereocenters. The maximum Gasteiger partial charge on any atom is 0.155 e. The predicted octanol–water partition coefficient (Wildman–Crippen LogP) is 1.12. The van der Waals surface area contributed by atoms with E-state index in [4.69, 9.17) is 0 Å². The first-order valence-corrected chi connectivity index (χ1v) is 7.44. The Hall–Kier alpha value is -3.03. The van der Waals surface area contributed by atoms with Crippen LogP contribution in [0.3, 0.4) is 0 Å².